The molecule has 7 nitrogen and oxygen atoms in total. The van der Waals surface area contributed by atoms with Gasteiger partial charge < -0.3 is 19.9 Å². The average Bonchev–Trinajstić information content (AvgIpc) is 2.50. The van der Waals surface area contributed by atoms with Crippen LogP contribution in [0.5, 0.6) is 0 Å². The number of hydrogen-bond donors (Lipinski definition) is 2. The number of benzene rings is 1. The highest BCUT2D eigenvalue weighted by molar-refractivity contribution is 5.84. The zero-order chi connectivity index (χ0) is 19.0. The molecular formula is C18H25NO6. The van der Waals surface area contributed by atoms with E-state index < -0.39 is 35.8 Å². The second kappa shape index (κ2) is 9.05. The first kappa shape index (κ1) is 20.5. The number of ether oxygens (including phenoxy) is 2. The van der Waals surface area contributed by atoms with E-state index in [1.54, 1.807) is 20.8 Å². The highest BCUT2D eigenvalue weighted by Gasteiger charge is 2.28. The molecule has 0 unspecified atom stereocenters. The van der Waals surface area contributed by atoms with Crippen LogP contribution in [0.2, 0.25) is 0 Å². The quantitative estimate of drug-likeness (QED) is 0.732. The van der Waals surface area contributed by atoms with Crippen LogP contribution in [0.1, 0.15) is 39.7 Å². The maximum absolute atomic E-state index is 12.2. The van der Waals surface area contributed by atoms with Gasteiger partial charge in [-0.05, 0) is 46.1 Å². The van der Waals surface area contributed by atoms with Crippen LogP contribution in [0.3, 0.4) is 0 Å². The fourth-order valence-corrected chi connectivity index (χ4v) is 1.96. The molecule has 1 aromatic rings. The fraction of sp³-hybridized carbons (Fsp3) is 0.500. The van der Waals surface area contributed by atoms with Gasteiger partial charge >= 0.3 is 18.0 Å². The van der Waals surface area contributed by atoms with Crippen LogP contribution >= 0.6 is 0 Å². The lowest BCUT2D eigenvalue weighted by molar-refractivity contribution is -0.164. The van der Waals surface area contributed by atoms with Gasteiger partial charge in [-0.1, -0.05) is 30.3 Å². The topological polar surface area (TPSA) is 102 Å². The Morgan fingerprint density at radius 1 is 1.16 bits per heavy atom. The number of nitrogens with one attached hydrogen (secondary N) is 1. The lowest BCUT2D eigenvalue weighted by Gasteiger charge is -2.23. The molecule has 1 rings (SSSR count). The molecule has 138 valence electrons. The Labute approximate surface area is 147 Å². The highest BCUT2D eigenvalue weighted by atomic mass is 16.6. The number of aliphatic carboxylic acids is 1. The Morgan fingerprint density at radius 3 is 2.28 bits per heavy atom. The standard InChI is InChI=1S/C18H25NO6/c1-12(15(20)21)24-16(22)14(19-17(23)25-18(2,3)4)11-10-13-8-6-5-7-9-13/h5-9,12,14H,10-11H2,1-4H3,(H,19,23)(H,20,21)/t12-,14+/m0/s1. The second-order valence-corrected chi connectivity index (χ2v) is 6.64. The maximum Gasteiger partial charge on any atom is 0.408 e. The summed E-state index contributed by atoms with van der Waals surface area (Å²) in [5.74, 6) is -2.07. The number of aryl methyl sites for hydroxylation is 1. The Hall–Kier alpha value is -2.57. The normalized spacial score (nSPS) is 13.4. The molecule has 1 aromatic carbocycles. The zero-order valence-corrected chi connectivity index (χ0v) is 14.9. The summed E-state index contributed by atoms with van der Waals surface area (Å²) < 4.78 is 10.0. The van der Waals surface area contributed by atoms with E-state index >= 15 is 0 Å². The molecule has 0 aliphatic heterocycles. The van der Waals surface area contributed by atoms with Gasteiger partial charge in [0.25, 0.3) is 0 Å². The number of carboxylic acids is 1. The second-order valence-electron chi connectivity index (χ2n) is 6.64. The van der Waals surface area contributed by atoms with Crippen molar-refractivity contribution in [2.75, 3.05) is 0 Å². The minimum atomic E-state index is -1.30. The number of hydrogen-bond acceptors (Lipinski definition) is 5. The van der Waals surface area contributed by atoms with Crippen LogP contribution in [0.15, 0.2) is 30.3 Å². The smallest absolute Gasteiger partial charge is 0.408 e. The molecule has 25 heavy (non-hydrogen) atoms. The third-order valence-electron chi connectivity index (χ3n) is 3.18. The van der Waals surface area contributed by atoms with E-state index in [1.165, 1.54) is 6.92 Å². The van der Waals surface area contributed by atoms with Crippen molar-refractivity contribution >= 4 is 18.0 Å². The van der Waals surface area contributed by atoms with Crippen molar-refractivity contribution in [2.24, 2.45) is 0 Å². The molecule has 0 fully saturated rings. The molecule has 0 saturated carbocycles. The van der Waals surface area contributed by atoms with E-state index in [4.69, 9.17) is 14.6 Å². The summed E-state index contributed by atoms with van der Waals surface area (Å²) in [4.78, 5) is 35.0. The molecule has 0 heterocycles. The van der Waals surface area contributed by atoms with E-state index in [9.17, 15) is 14.4 Å². The van der Waals surface area contributed by atoms with Crippen molar-refractivity contribution in [3.8, 4) is 0 Å². The minimum Gasteiger partial charge on any atom is -0.479 e. The number of carboxylic acid groups (broad SMARTS) is 1. The third-order valence-corrected chi connectivity index (χ3v) is 3.18. The summed E-state index contributed by atoms with van der Waals surface area (Å²) in [6.07, 6.45) is -1.29. The van der Waals surface area contributed by atoms with Gasteiger partial charge in [-0.15, -0.1) is 0 Å². The number of carbonyl (C=O) groups is 3. The van der Waals surface area contributed by atoms with Crippen molar-refractivity contribution < 1.29 is 29.0 Å². The average molecular weight is 351 g/mol. The summed E-state index contributed by atoms with van der Waals surface area (Å²) in [5.41, 5.74) is 0.268. The van der Waals surface area contributed by atoms with Crippen LogP contribution in [-0.2, 0) is 25.5 Å². The van der Waals surface area contributed by atoms with Gasteiger partial charge in [-0.2, -0.15) is 0 Å². The molecule has 0 aliphatic rings. The van der Waals surface area contributed by atoms with E-state index in [-0.39, 0.29) is 6.42 Å². The molecular weight excluding hydrogens is 326 g/mol. The van der Waals surface area contributed by atoms with Crippen LogP contribution in [0.4, 0.5) is 4.79 Å². The largest absolute Gasteiger partial charge is 0.479 e. The highest BCUT2D eigenvalue weighted by Crippen LogP contribution is 2.10. The van der Waals surface area contributed by atoms with Crippen LogP contribution in [0, 0.1) is 0 Å². The SMILES string of the molecule is C[C@H](OC(=O)[C@@H](CCc1ccccc1)NC(=O)OC(C)(C)C)C(=O)O. The molecule has 0 bridgehead atoms. The van der Waals surface area contributed by atoms with Crippen molar-refractivity contribution in [2.45, 2.75) is 58.3 Å². The van der Waals surface area contributed by atoms with Crippen LogP contribution in [-0.4, -0.2) is 40.9 Å². The third kappa shape index (κ3) is 8.19. The molecule has 2 atom stereocenters. The summed E-state index contributed by atoms with van der Waals surface area (Å²) >= 11 is 0. The first-order valence-electron chi connectivity index (χ1n) is 8.05. The summed E-state index contributed by atoms with van der Waals surface area (Å²) in [7, 11) is 0. The Morgan fingerprint density at radius 2 is 1.76 bits per heavy atom. The Bertz CT molecular complexity index is 593. The monoisotopic (exact) mass is 351 g/mol. The van der Waals surface area contributed by atoms with Gasteiger partial charge in [-0.3, -0.25) is 0 Å². The van der Waals surface area contributed by atoms with Crippen molar-refractivity contribution in [3.05, 3.63) is 35.9 Å². The molecule has 0 radical (unpaired) electrons. The first-order chi connectivity index (χ1) is 11.6. The Balaban J connectivity index is 2.76. The summed E-state index contributed by atoms with van der Waals surface area (Å²) in [6, 6.07) is 8.41. The van der Waals surface area contributed by atoms with Gasteiger partial charge in [0.2, 0.25) is 0 Å². The van der Waals surface area contributed by atoms with Crippen molar-refractivity contribution in [3.63, 3.8) is 0 Å². The van der Waals surface area contributed by atoms with Crippen LogP contribution < -0.4 is 5.32 Å². The number of carbonyl (C=O) groups excluding carboxylic acids is 2. The number of esters is 1. The minimum absolute atomic E-state index is 0.258. The molecule has 0 aromatic heterocycles. The lowest BCUT2D eigenvalue weighted by atomic mass is 10.1. The molecule has 1 amide bonds. The lowest BCUT2D eigenvalue weighted by Crippen LogP contribution is -2.45. The number of rotatable bonds is 7. The van der Waals surface area contributed by atoms with Gasteiger partial charge in [0, 0.05) is 0 Å². The van der Waals surface area contributed by atoms with Crippen LogP contribution in [0.25, 0.3) is 0 Å². The molecule has 0 saturated heterocycles. The molecule has 0 aliphatic carbocycles. The van der Waals surface area contributed by atoms with Gasteiger partial charge in [0.1, 0.15) is 11.6 Å². The Kier molecular flexibility index (Phi) is 7.42. The summed E-state index contributed by atoms with van der Waals surface area (Å²) in [5, 5.41) is 11.3. The number of amides is 1. The molecule has 0 spiro atoms. The van der Waals surface area contributed by atoms with Crippen molar-refractivity contribution in [1.29, 1.82) is 0 Å². The van der Waals surface area contributed by atoms with Gasteiger partial charge in [-0.25, -0.2) is 14.4 Å². The van der Waals surface area contributed by atoms with Crippen molar-refractivity contribution in [1.82, 2.24) is 5.32 Å². The van der Waals surface area contributed by atoms with Gasteiger partial charge in [0.05, 0.1) is 0 Å². The molecule has 2 N–H and O–H groups in total. The van der Waals surface area contributed by atoms with E-state index in [1.807, 2.05) is 30.3 Å². The zero-order valence-electron chi connectivity index (χ0n) is 14.9. The summed E-state index contributed by atoms with van der Waals surface area (Å²) in [6.45, 7) is 6.37. The van der Waals surface area contributed by atoms with E-state index in [0.717, 1.165) is 5.56 Å². The predicted molar refractivity (Wildman–Crippen MR) is 91.1 cm³/mol. The fourth-order valence-electron chi connectivity index (χ4n) is 1.96. The van der Waals surface area contributed by atoms with Gasteiger partial charge in [0.15, 0.2) is 6.10 Å². The predicted octanol–water partition coefficient (Wildman–Crippen LogP) is 2.53. The number of alkyl carbamates (subject to hydrolysis) is 1. The van der Waals surface area contributed by atoms with E-state index in [0.29, 0.717) is 6.42 Å². The van der Waals surface area contributed by atoms with E-state index in [2.05, 4.69) is 5.32 Å². The maximum atomic E-state index is 12.2. The molecule has 7 heteroatoms. The first-order valence-corrected chi connectivity index (χ1v) is 8.05.